The molecule has 1 heterocycles. The zero-order valence-corrected chi connectivity index (χ0v) is 21.3. The van der Waals surface area contributed by atoms with E-state index in [1.807, 2.05) is 0 Å². The van der Waals surface area contributed by atoms with Crippen molar-refractivity contribution in [3.63, 3.8) is 0 Å². The number of sulfonamides is 2. The van der Waals surface area contributed by atoms with Crippen molar-refractivity contribution in [1.29, 1.82) is 0 Å². The third-order valence-electron chi connectivity index (χ3n) is 4.14. The minimum atomic E-state index is -6.72. The van der Waals surface area contributed by atoms with Gasteiger partial charge in [0.2, 0.25) is 0 Å². The summed E-state index contributed by atoms with van der Waals surface area (Å²) in [6.07, 6.45) is 5.41. The number of aromatic nitrogens is 1. The molecule has 0 aromatic carbocycles. The number of rotatable bonds is 11. The van der Waals surface area contributed by atoms with Gasteiger partial charge in [-0.1, -0.05) is 13.0 Å². The van der Waals surface area contributed by atoms with E-state index in [0.717, 1.165) is 36.0 Å². The van der Waals surface area contributed by atoms with Gasteiger partial charge < -0.3 is 17.4 Å². The van der Waals surface area contributed by atoms with Gasteiger partial charge in [0.25, 0.3) is 0 Å². The highest BCUT2D eigenvalue weighted by Gasteiger charge is 2.47. The van der Waals surface area contributed by atoms with Gasteiger partial charge in [0.15, 0.2) is 31.9 Å². The van der Waals surface area contributed by atoms with Crippen molar-refractivity contribution in [1.82, 2.24) is 0 Å². The van der Waals surface area contributed by atoms with Crippen LogP contribution in [0.25, 0.3) is 4.13 Å². The Morgan fingerprint density at radius 2 is 1.38 bits per heavy atom. The van der Waals surface area contributed by atoms with Crippen LogP contribution in [0.2, 0.25) is 6.04 Å². The first-order valence-corrected chi connectivity index (χ1v) is 14.2. The van der Waals surface area contributed by atoms with E-state index in [1.165, 1.54) is 5.69 Å². The van der Waals surface area contributed by atoms with Crippen molar-refractivity contribution < 1.29 is 61.0 Å². The predicted molar refractivity (Wildman–Crippen MR) is 110 cm³/mol. The molecule has 0 N–H and O–H groups in total. The summed E-state index contributed by atoms with van der Waals surface area (Å²) in [6, 6.07) is 7.20. The minimum Gasteiger partial charge on any atom is -0.421 e. The largest absolute Gasteiger partial charge is 0.500 e. The van der Waals surface area contributed by atoms with E-state index in [2.05, 4.69) is 35.9 Å². The Morgan fingerprint density at radius 1 is 0.912 bits per heavy atom. The van der Waals surface area contributed by atoms with Crippen molar-refractivity contribution >= 4 is 28.9 Å². The van der Waals surface area contributed by atoms with Crippen LogP contribution in [0.3, 0.4) is 0 Å². The number of nitrogens with zero attached hydrogens (tertiary/aromatic N) is 2. The van der Waals surface area contributed by atoms with E-state index in [0.29, 0.717) is 0 Å². The van der Waals surface area contributed by atoms with Crippen LogP contribution in [-0.2, 0) is 46.3 Å². The SMILES string of the molecule is CCCc1cccc[n+]1CCC[Si](OC)(OC)OC.O=S(=O)([N-]S(=O)(=O)C(F)(F)F)C(F)(F)F. The molecule has 34 heavy (non-hydrogen) atoms. The zero-order valence-electron chi connectivity index (χ0n) is 18.7. The molecule has 0 saturated heterocycles. The smallest absolute Gasteiger partial charge is 0.421 e. The molecule has 0 atom stereocenters. The number of hydrogen-bond acceptors (Lipinski definition) is 7. The number of hydrogen-bond donors (Lipinski definition) is 0. The maximum absolute atomic E-state index is 11.4. The van der Waals surface area contributed by atoms with Gasteiger partial charge in [-0.3, -0.25) is 0 Å². The Morgan fingerprint density at radius 3 is 1.76 bits per heavy atom. The van der Waals surface area contributed by atoms with Gasteiger partial charge in [0.05, 0.1) is 0 Å². The summed E-state index contributed by atoms with van der Waals surface area (Å²) in [6.45, 7) is 3.18. The molecule has 18 heteroatoms. The van der Waals surface area contributed by atoms with Crippen LogP contribution >= 0.6 is 0 Å². The molecule has 0 saturated carbocycles. The number of alkyl halides is 6. The highest BCUT2D eigenvalue weighted by molar-refractivity contribution is 8.13. The first-order valence-electron chi connectivity index (χ1n) is 9.41. The van der Waals surface area contributed by atoms with Crippen molar-refractivity contribution in [3.05, 3.63) is 34.2 Å². The monoisotopic (exact) mass is 564 g/mol. The molecule has 0 fully saturated rings. The summed E-state index contributed by atoms with van der Waals surface area (Å²) < 4.78 is 128. The molecule has 0 unspecified atom stereocenters. The van der Waals surface area contributed by atoms with Crippen LogP contribution in [0, 0.1) is 0 Å². The van der Waals surface area contributed by atoms with Crippen LogP contribution < -0.4 is 4.57 Å². The summed E-state index contributed by atoms with van der Waals surface area (Å²) in [5.74, 6) is 0. The Hall–Kier alpha value is -1.31. The fourth-order valence-electron chi connectivity index (χ4n) is 2.45. The maximum Gasteiger partial charge on any atom is 0.500 e. The quantitative estimate of drug-likeness (QED) is 0.230. The molecule has 1 rings (SSSR count). The summed E-state index contributed by atoms with van der Waals surface area (Å²) in [4.78, 5) is 0. The molecule has 0 spiro atoms. The second-order valence-electron chi connectivity index (χ2n) is 6.45. The molecule has 0 aliphatic rings. The molecule has 0 bridgehead atoms. The Kier molecular flexibility index (Phi) is 12.6. The molecule has 0 amide bonds. The third kappa shape index (κ3) is 9.74. The Labute approximate surface area is 195 Å². The average Bonchev–Trinajstić information content (AvgIpc) is 2.71. The van der Waals surface area contributed by atoms with E-state index < -0.39 is 39.9 Å². The lowest BCUT2D eigenvalue weighted by atomic mass is 10.2. The van der Waals surface area contributed by atoms with Gasteiger partial charge in [0.1, 0.15) is 6.54 Å². The summed E-state index contributed by atoms with van der Waals surface area (Å²) >= 11 is 0. The van der Waals surface area contributed by atoms with Crippen molar-refractivity contribution in [2.24, 2.45) is 0 Å². The van der Waals surface area contributed by atoms with Gasteiger partial charge in [-0.2, -0.15) is 26.3 Å². The van der Waals surface area contributed by atoms with Crippen molar-refractivity contribution in [2.75, 3.05) is 21.3 Å². The summed E-state index contributed by atoms with van der Waals surface area (Å²) in [5, 5.41) is 0. The minimum absolute atomic E-state index is 0.778. The highest BCUT2D eigenvalue weighted by Crippen LogP contribution is 2.36. The van der Waals surface area contributed by atoms with Crippen molar-refractivity contribution in [3.8, 4) is 0 Å². The molecule has 9 nitrogen and oxygen atoms in total. The number of pyridine rings is 1. The van der Waals surface area contributed by atoms with E-state index in [1.54, 1.807) is 21.3 Å². The fourth-order valence-corrected chi connectivity index (χ4v) is 5.86. The molecular weight excluding hydrogens is 538 g/mol. The standard InChI is InChI=1S/C14H26NO3Si.C2F6NO4S2/c1-5-9-14-10-6-7-11-15(14)12-8-13-19(16-2,17-3)18-4;3-1(4,5)14(10,11)9-15(12,13)2(6,7)8/h6-7,10-11H,5,8-9,12-13H2,1-4H3;/q+1;-1. The van der Waals surface area contributed by atoms with Crippen LogP contribution in [0.15, 0.2) is 24.4 Å². The molecular formula is C16H26F6N2O7S2Si. The van der Waals surface area contributed by atoms with Crippen LogP contribution in [0.1, 0.15) is 25.5 Å². The topological polar surface area (TPSA) is 114 Å². The lowest BCUT2D eigenvalue weighted by molar-refractivity contribution is -0.704. The van der Waals surface area contributed by atoms with Gasteiger partial charge in [-0.05, 0) is 6.42 Å². The van der Waals surface area contributed by atoms with Crippen molar-refractivity contribution in [2.45, 2.75) is 49.8 Å². The average molecular weight is 565 g/mol. The molecule has 200 valence electrons. The van der Waals surface area contributed by atoms with Crippen LogP contribution in [0.5, 0.6) is 0 Å². The van der Waals surface area contributed by atoms with Gasteiger partial charge in [0, 0.05) is 52.3 Å². The second-order valence-corrected chi connectivity index (χ2v) is 13.0. The van der Waals surface area contributed by atoms with Crippen LogP contribution in [0.4, 0.5) is 26.3 Å². The Balaban J connectivity index is 0.000000661. The lowest BCUT2D eigenvalue weighted by Crippen LogP contribution is -2.44. The molecule has 1 aromatic heterocycles. The normalized spacial score (nSPS) is 13.4. The molecule has 0 aliphatic carbocycles. The van der Waals surface area contributed by atoms with E-state index in [-0.39, 0.29) is 0 Å². The fraction of sp³-hybridized carbons (Fsp3) is 0.688. The first-order chi connectivity index (χ1) is 15.4. The van der Waals surface area contributed by atoms with Gasteiger partial charge in [-0.25, -0.2) is 21.4 Å². The summed E-state index contributed by atoms with van der Waals surface area (Å²) in [5.41, 5.74) is -11.0. The lowest BCUT2D eigenvalue weighted by Gasteiger charge is -2.23. The number of aryl methyl sites for hydroxylation is 2. The third-order valence-corrected chi connectivity index (χ3v) is 9.71. The first kappa shape index (κ1) is 32.7. The van der Waals surface area contributed by atoms with Gasteiger partial charge in [-0.15, -0.1) is 0 Å². The summed E-state index contributed by atoms with van der Waals surface area (Å²) in [7, 11) is -10.9. The zero-order chi connectivity index (χ0) is 26.8. The number of halogens is 6. The van der Waals surface area contributed by atoms with Crippen LogP contribution in [-0.4, -0.2) is 58.0 Å². The molecule has 0 radical (unpaired) electrons. The van der Waals surface area contributed by atoms with E-state index in [4.69, 9.17) is 13.3 Å². The highest BCUT2D eigenvalue weighted by atomic mass is 32.3. The second kappa shape index (κ2) is 13.1. The Bertz CT molecular complexity index is 919. The van der Waals surface area contributed by atoms with Gasteiger partial charge >= 0.3 is 19.8 Å². The maximum atomic E-state index is 11.4. The van der Waals surface area contributed by atoms with E-state index >= 15 is 0 Å². The van der Waals surface area contributed by atoms with E-state index in [9.17, 15) is 43.2 Å². The molecule has 1 aromatic rings. The predicted octanol–water partition coefficient (Wildman–Crippen LogP) is 3.25. The molecule has 0 aliphatic heterocycles.